The highest BCUT2D eigenvalue weighted by atomic mass is 35.5. The molecular weight excluding hydrogens is 532 g/mol. The van der Waals surface area contributed by atoms with Crippen molar-refractivity contribution in [3.8, 4) is 5.69 Å². The summed E-state index contributed by atoms with van der Waals surface area (Å²) in [5, 5.41) is 4.78. The van der Waals surface area contributed by atoms with Crippen LogP contribution >= 0.6 is 11.6 Å². The minimum Gasteiger partial charge on any atom is -0.318 e. The van der Waals surface area contributed by atoms with E-state index in [1.165, 1.54) is 12.1 Å². The molecule has 0 aliphatic rings. The van der Waals surface area contributed by atoms with Gasteiger partial charge in [-0.1, -0.05) is 55.8 Å². The zero-order valence-corrected chi connectivity index (χ0v) is 23.9. The Morgan fingerprint density at radius 1 is 1.00 bits per heavy atom. The van der Waals surface area contributed by atoms with Crippen molar-refractivity contribution in [2.75, 3.05) is 10.8 Å². The Morgan fingerprint density at radius 3 is 2.26 bits per heavy atom. The molecule has 0 atom stereocenters. The molecule has 4 rings (SSSR count). The van der Waals surface area contributed by atoms with E-state index in [0.29, 0.717) is 10.7 Å². The van der Waals surface area contributed by atoms with Crippen molar-refractivity contribution < 1.29 is 13.2 Å². The fraction of sp³-hybridized carbons (Fsp3) is 0.200. The Hall–Kier alpha value is -3.88. The molecule has 1 N–H and O–H groups in total. The van der Waals surface area contributed by atoms with Crippen LogP contribution < -0.4 is 9.73 Å². The maximum atomic E-state index is 13.5. The van der Waals surface area contributed by atoms with Crippen LogP contribution in [0.4, 0.5) is 5.69 Å². The van der Waals surface area contributed by atoms with Crippen molar-refractivity contribution in [2.45, 2.75) is 38.5 Å². The van der Waals surface area contributed by atoms with Crippen molar-refractivity contribution in [1.82, 2.24) is 9.99 Å². The molecule has 0 spiro atoms. The highest BCUT2D eigenvalue weighted by Crippen LogP contribution is 2.26. The van der Waals surface area contributed by atoms with Crippen LogP contribution in [0.3, 0.4) is 0 Å². The van der Waals surface area contributed by atoms with Crippen molar-refractivity contribution in [3.63, 3.8) is 0 Å². The predicted molar refractivity (Wildman–Crippen MR) is 157 cm³/mol. The van der Waals surface area contributed by atoms with Crippen LogP contribution in [0.5, 0.6) is 0 Å². The van der Waals surface area contributed by atoms with E-state index in [1.54, 1.807) is 36.5 Å². The number of sulfonamides is 1. The molecule has 9 heteroatoms. The Balaban J connectivity index is 1.55. The third-order valence-corrected chi connectivity index (χ3v) is 8.45. The fourth-order valence-corrected chi connectivity index (χ4v) is 5.87. The zero-order chi connectivity index (χ0) is 28.2. The molecule has 1 aromatic heterocycles. The highest BCUT2D eigenvalue weighted by Gasteiger charge is 2.27. The zero-order valence-electron chi connectivity index (χ0n) is 22.3. The quantitative estimate of drug-likeness (QED) is 0.194. The normalized spacial score (nSPS) is 11.7. The van der Waals surface area contributed by atoms with Gasteiger partial charge in [-0.2, -0.15) is 5.10 Å². The van der Waals surface area contributed by atoms with Crippen LogP contribution in [0.2, 0.25) is 5.02 Å². The molecular formula is C30H31ClN4O3S. The number of aromatic nitrogens is 1. The molecule has 0 fully saturated rings. The number of carbonyl (C=O) groups is 1. The van der Waals surface area contributed by atoms with Gasteiger partial charge in [0.2, 0.25) is 0 Å². The highest BCUT2D eigenvalue weighted by molar-refractivity contribution is 7.92. The van der Waals surface area contributed by atoms with E-state index in [1.807, 2.05) is 56.3 Å². The SMILES string of the molecule is Cc1cc(/C=N\NC(=O)CN(c2ccc(C(C)C)cc2)S(=O)(=O)c2ccccc2)c(C)n1-c1ccc(Cl)cc1. The molecule has 3 aromatic carbocycles. The average Bonchev–Trinajstić information content (AvgIpc) is 3.20. The van der Waals surface area contributed by atoms with Gasteiger partial charge in [0.05, 0.1) is 16.8 Å². The molecule has 0 aliphatic carbocycles. The maximum absolute atomic E-state index is 13.5. The number of nitrogens with zero attached hydrogens (tertiary/aromatic N) is 3. The number of benzene rings is 3. The number of hydrazone groups is 1. The topological polar surface area (TPSA) is 83.8 Å². The van der Waals surface area contributed by atoms with Crippen molar-refractivity contribution in [2.24, 2.45) is 5.10 Å². The molecule has 0 unspecified atom stereocenters. The van der Waals surface area contributed by atoms with Crippen LogP contribution in [-0.4, -0.2) is 31.7 Å². The van der Waals surface area contributed by atoms with Gasteiger partial charge in [-0.25, -0.2) is 13.8 Å². The van der Waals surface area contributed by atoms with Crippen molar-refractivity contribution in [1.29, 1.82) is 0 Å². The minimum atomic E-state index is -3.99. The third-order valence-electron chi connectivity index (χ3n) is 6.41. The summed E-state index contributed by atoms with van der Waals surface area (Å²) in [5.41, 5.74) is 7.66. The number of hydrogen-bond donors (Lipinski definition) is 1. The second-order valence-electron chi connectivity index (χ2n) is 9.50. The van der Waals surface area contributed by atoms with Gasteiger partial charge < -0.3 is 4.57 Å². The summed E-state index contributed by atoms with van der Waals surface area (Å²) in [4.78, 5) is 13.0. The van der Waals surface area contributed by atoms with E-state index in [2.05, 4.69) is 28.9 Å². The Labute approximate surface area is 234 Å². The summed E-state index contributed by atoms with van der Waals surface area (Å²) in [5.74, 6) is -0.275. The van der Waals surface area contributed by atoms with E-state index < -0.39 is 22.5 Å². The molecule has 1 heterocycles. The number of hydrogen-bond acceptors (Lipinski definition) is 4. The van der Waals surface area contributed by atoms with E-state index in [0.717, 1.165) is 32.5 Å². The first-order valence-corrected chi connectivity index (χ1v) is 14.3. The van der Waals surface area contributed by atoms with Gasteiger partial charge in [0.25, 0.3) is 15.9 Å². The number of rotatable bonds is 9. The summed E-state index contributed by atoms with van der Waals surface area (Å²) in [7, 11) is -3.99. The van der Waals surface area contributed by atoms with Gasteiger partial charge in [-0.3, -0.25) is 9.10 Å². The van der Waals surface area contributed by atoms with Crippen LogP contribution in [0.25, 0.3) is 5.69 Å². The number of carbonyl (C=O) groups excluding carboxylic acids is 1. The van der Waals surface area contributed by atoms with Gasteiger partial charge in [0, 0.05) is 27.7 Å². The predicted octanol–water partition coefficient (Wildman–Crippen LogP) is 6.22. The summed E-state index contributed by atoms with van der Waals surface area (Å²) < 4.78 is 30.2. The Kier molecular flexibility index (Phi) is 8.57. The monoisotopic (exact) mass is 562 g/mol. The summed E-state index contributed by atoms with van der Waals surface area (Å²) >= 11 is 6.03. The van der Waals surface area contributed by atoms with Crippen LogP contribution in [0.1, 0.15) is 42.3 Å². The number of amides is 1. The van der Waals surface area contributed by atoms with Crippen LogP contribution in [-0.2, 0) is 14.8 Å². The number of anilines is 1. The standard InChI is InChI=1S/C30H31ClN4O3S/c1-21(2)24-10-14-27(15-11-24)34(39(37,38)29-8-6-5-7-9-29)20-30(36)33-32-19-25-18-22(3)35(23(25)4)28-16-12-26(31)13-17-28/h5-19,21H,20H2,1-4H3,(H,33,36)/b32-19-. The molecule has 7 nitrogen and oxygen atoms in total. The Morgan fingerprint density at radius 2 is 1.64 bits per heavy atom. The molecule has 0 bridgehead atoms. The molecule has 202 valence electrons. The molecule has 0 radical (unpaired) electrons. The molecule has 1 amide bonds. The fourth-order valence-electron chi connectivity index (χ4n) is 4.31. The lowest BCUT2D eigenvalue weighted by molar-refractivity contribution is -0.119. The molecule has 4 aromatic rings. The van der Waals surface area contributed by atoms with Gasteiger partial charge in [-0.15, -0.1) is 0 Å². The first-order valence-electron chi connectivity index (χ1n) is 12.5. The lowest BCUT2D eigenvalue weighted by Gasteiger charge is -2.24. The summed E-state index contributed by atoms with van der Waals surface area (Å²) in [6.07, 6.45) is 1.56. The number of halogens is 1. The van der Waals surface area contributed by atoms with E-state index in [-0.39, 0.29) is 10.8 Å². The summed E-state index contributed by atoms with van der Waals surface area (Å²) in [6.45, 7) is 7.63. The van der Waals surface area contributed by atoms with Gasteiger partial charge in [0.15, 0.2) is 0 Å². The number of aryl methyl sites for hydroxylation is 1. The molecule has 39 heavy (non-hydrogen) atoms. The largest absolute Gasteiger partial charge is 0.318 e. The summed E-state index contributed by atoms with van der Waals surface area (Å²) in [6, 6.07) is 24.7. The first kappa shape index (κ1) is 28.1. The van der Waals surface area contributed by atoms with E-state index in [9.17, 15) is 13.2 Å². The second kappa shape index (κ2) is 11.9. The number of nitrogens with one attached hydrogen (secondary N) is 1. The van der Waals surface area contributed by atoms with Crippen molar-refractivity contribution in [3.05, 3.63) is 112 Å². The molecule has 0 aliphatic heterocycles. The van der Waals surface area contributed by atoms with Gasteiger partial charge in [0.1, 0.15) is 6.54 Å². The van der Waals surface area contributed by atoms with Gasteiger partial charge >= 0.3 is 0 Å². The van der Waals surface area contributed by atoms with Gasteiger partial charge in [-0.05, 0) is 79.9 Å². The smallest absolute Gasteiger partial charge is 0.264 e. The third kappa shape index (κ3) is 6.41. The van der Waals surface area contributed by atoms with E-state index >= 15 is 0 Å². The van der Waals surface area contributed by atoms with Crippen molar-refractivity contribution >= 4 is 39.4 Å². The molecule has 0 saturated heterocycles. The second-order valence-corrected chi connectivity index (χ2v) is 11.8. The molecule has 0 saturated carbocycles. The first-order chi connectivity index (χ1) is 18.6. The lowest BCUT2D eigenvalue weighted by atomic mass is 10.0. The minimum absolute atomic E-state index is 0.101. The maximum Gasteiger partial charge on any atom is 0.264 e. The van der Waals surface area contributed by atoms with Crippen LogP contribution in [0, 0.1) is 13.8 Å². The van der Waals surface area contributed by atoms with Crippen LogP contribution in [0.15, 0.2) is 94.9 Å². The lowest BCUT2D eigenvalue weighted by Crippen LogP contribution is -2.39. The average molecular weight is 563 g/mol. The van der Waals surface area contributed by atoms with E-state index in [4.69, 9.17) is 11.6 Å². The Bertz CT molecular complexity index is 1580.